The Morgan fingerprint density at radius 1 is 1.21 bits per heavy atom. The van der Waals surface area contributed by atoms with Gasteiger partial charge in [-0.05, 0) is 42.4 Å². The third-order valence-corrected chi connectivity index (χ3v) is 3.95. The van der Waals surface area contributed by atoms with Gasteiger partial charge in [0.1, 0.15) is 0 Å². The second-order valence-corrected chi connectivity index (χ2v) is 6.38. The minimum atomic E-state index is -0.000278. The van der Waals surface area contributed by atoms with Gasteiger partial charge in [-0.1, -0.05) is 33.8 Å². The molecule has 0 fully saturated rings. The topological polar surface area (TPSA) is 29.1 Å². The lowest BCUT2D eigenvalue weighted by molar-refractivity contribution is 0.0936. The number of carbonyl (C=O) groups is 1. The maximum atomic E-state index is 12.2. The van der Waals surface area contributed by atoms with Crippen LogP contribution in [0.1, 0.15) is 43.6 Å². The summed E-state index contributed by atoms with van der Waals surface area (Å²) in [6.45, 7) is 11.5. The molecule has 0 unspecified atom stereocenters. The van der Waals surface area contributed by atoms with Gasteiger partial charge in [0, 0.05) is 17.0 Å². The Balaban J connectivity index is 2.72. The van der Waals surface area contributed by atoms with E-state index < -0.39 is 0 Å². The monoisotopic (exact) mass is 279 g/mol. The predicted octanol–water partition coefficient (Wildman–Crippen LogP) is 3.94. The van der Waals surface area contributed by atoms with E-state index in [1.807, 2.05) is 25.1 Å². The molecule has 1 rings (SSSR count). The number of benzene rings is 1. The molecule has 0 saturated carbocycles. The Labute approximate surface area is 122 Å². The van der Waals surface area contributed by atoms with Crippen molar-refractivity contribution < 1.29 is 4.79 Å². The molecule has 1 N–H and O–H groups in total. The first kappa shape index (κ1) is 16.1. The summed E-state index contributed by atoms with van der Waals surface area (Å²) in [7, 11) is 0. The Kier molecular flexibility index (Phi) is 5.92. The number of amides is 1. The summed E-state index contributed by atoms with van der Waals surface area (Å²) in [5, 5.41) is 3.06. The average molecular weight is 279 g/mol. The molecular formula is C16H25NOS. The zero-order valence-corrected chi connectivity index (χ0v) is 13.4. The Bertz CT molecular complexity index is 432. The highest BCUT2D eigenvalue weighted by molar-refractivity contribution is 7.80. The number of hydrogen-bond donors (Lipinski definition) is 2. The van der Waals surface area contributed by atoms with Crippen LogP contribution in [0.2, 0.25) is 0 Å². The molecule has 0 radical (unpaired) electrons. The SMILES string of the molecule is Cc1ccc(S)cc1C(=O)NCC(C(C)C)C(C)C. The van der Waals surface area contributed by atoms with Crippen molar-refractivity contribution in [2.75, 3.05) is 6.54 Å². The summed E-state index contributed by atoms with van der Waals surface area (Å²) in [4.78, 5) is 13.0. The van der Waals surface area contributed by atoms with Crippen LogP contribution in [0.3, 0.4) is 0 Å². The van der Waals surface area contributed by atoms with Crippen LogP contribution in [0, 0.1) is 24.7 Å². The predicted molar refractivity (Wildman–Crippen MR) is 83.9 cm³/mol. The van der Waals surface area contributed by atoms with Crippen LogP contribution in [0.25, 0.3) is 0 Å². The summed E-state index contributed by atoms with van der Waals surface area (Å²) in [5.41, 5.74) is 1.71. The number of nitrogens with one attached hydrogen (secondary N) is 1. The normalized spacial score (nSPS) is 11.4. The smallest absolute Gasteiger partial charge is 0.251 e. The van der Waals surface area contributed by atoms with Gasteiger partial charge in [-0.25, -0.2) is 0 Å². The van der Waals surface area contributed by atoms with E-state index in [1.165, 1.54) is 0 Å². The van der Waals surface area contributed by atoms with Gasteiger partial charge < -0.3 is 5.32 Å². The van der Waals surface area contributed by atoms with Gasteiger partial charge >= 0.3 is 0 Å². The molecule has 1 aromatic carbocycles. The van der Waals surface area contributed by atoms with E-state index in [9.17, 15) is 4.79 Å². The molecule has 0 heterocycles. The highest BCUT2D eigenvalue weighted by Gasteiger charge is 2.19. The molecule has 1 amide bonds. The lowest BCUT2D eigenvalue weighted by Crippen LogP contribution is -2.34. The first-order valence-corrected chi connectivity index (χ1v) is 7.35. The number of hydrogen-bond acceptors (Lipinski definition) is 2. The molecule has 0 aliphatic rings. The zero-order chi connectivity index (χ0) is 14.6. The summed E-state index contributed by atoms with van der Waals surface area (Å²) in [5.74, 6) is 1.64. The molecule has 0 saturated heterocycles. The van der Waals surface area contributed by atoms with Crippen molar-refractivity contribution in [3.05, 3.63) is 29.3 Å². The van der Waals surface area contributed by atoms with Crippen molar-refractivity contribution >= 4 is 18.5 Å². The lowest BCUT2D eigenvalue weighted by atomic mass is 9.85. The van der Waals surface area contributed by atoms with Gasteiger partial charge in [-0.2, -0.15) is 0 Å². The molecule has 0 atom stereocenters. The van der Waals surface area contributed by atoms with Gasteiger partial charge in [-0.3, -0.25) is 4.79 Å². The van der Waals surface area contributed by atoms with Crippen molar-refractivity contribution in [2.24, 2.45) is 17.8 Å². The lowest BCUT2D eigenvalue weighted by Gasteiger charge is -2.25. The van der Waals surface area contributed by atoms with E-state index in [-0.39, 0.29) is 5.91 Å². The molecule has 2 nitrogen and oxygen atoms in total. The molecule has 106 valence electrons. The molecule has 0 aliphatic heterocycles. The quantitative estimate of drug-likeness (QED) is 0.785. The molecule has 19 heavy (non-hydrogen) atoms. The molecule has 0 spiro atoms. The standard InChI is InChI=1S/C16H25NOS/c1-10(2)15(11(3)4)9-17-16(18)14-8-13(19)7-6-12(14)5/h6-8,10-11,15,19H,9H2,1-5H3,(H,17,18). The third kappa shape index (κ3) is 4.57. The van der Waals surface area contributed by atoms with Gasteiger partial charge in [0.25, 0.3) is 5.91 Å². The zero-order valence-electron chi connectivity index (χ0n) is 12.5. The largest absolute Gasteiger partial charge is 0.352 e. The Hall–Kier alpha value is -0.960. The number of aryl methyl sites for hydroxylation is 1. The van der Waals surface area contributed by atoms with Crippen molar-refractivity contribution in [3.8, 4) is 0 Å². The van der Waals surface area contributed by atoms with Crippen LogP contribution in [-0.4, -0.2) is 12.5 Å². The van der Waals surface area contributed by atoms with E-state index in [1.54, 1.807) is 0 Å². The van der Waals surface area contributed by atoms with E-state index in [2.05, 4.69) is 45.6 Å². The van der Waals surface area contributed by atoms with Crippen LogP contribution in [-0.2, 0) is 0 Å². The number of thiol groups is 1. The minimum Gasteiger partial charge on any atom is -0.352 e. The van der Waals surface area contributed by atoms with Crippen LogP contribution in [0.4, 0.5) is 0 Å². The first-order valence-electron chi connectivity index (χ1n) is 6.90. The Morgan fingerprint density at radius 2 is 1.79 bits per heavy atom. The fraction of sp³-hybridized carbons (Fsp3) is 0.562. The molecule has 1 aromatic rings. The van der Waals surface area contributed by atoms with Crippen molar-refractivity contribution in [2.45, 2.75) is 39.5 Å². The van der Waals surface area contributed by atoms with Gasteiger partial charge in [-0.15, -0.1) is 12.6 Å². The Morgan fingerprint density at radius 3 is 2.32 bits per heavy atom. The van der Waals surface area contributed by atoms with Crippen LogP contribution in [0.5, 0.6) is 0 Å². The highest BCUT2D eigenvalue weighted by atomic mass is 32.1. The molecule has 0 aliphatic carbocycles. The maximum Gasteiger partial charge on any atom is 0.251 e. The first-order chi connectivity index (χ1) is 8.82. The van der Waals surface area contributed by atoms with Crippen molar-refractivity contribution in [1.29, 1.82) is 0 Å². The molecule has 0 bridgehead atoms. The number of rotatable bonds is 5. The molecular weight excluding hydrogens is 254 g/mol. The summed E-state index contributed by atoms with van der Waals surface area (Å²) in [6, 6.07) is 5.66. The van der Waals surface area contributed by atoms with E-state index in [0.717, 1.165) is 22.6 Å². The third-order valence-electron chi connectivity index (χ3n) is 3.68. The maximum absolute atomic E-state index is 12.2. The summed E-state index contributed by atoms with van der Waals surface area (Å²) < 4.78 is 0. The summed E-state index contributed by atoms with van der Waals surface area (Å²) >= 11 is 4.29. The molecule has 3 heteroatoms. The van der Waals surface area contributed by atoms with E-state index >= 15 is 0 Å². The second kappa shape index (κ2) is 6.99. The highest BCUT2D eigenvalue weighted by Crippen LogP contribution is 2.20. The summed E-state index contributed by atoms with van der Waals surface area (Å²) in [6.07, 6.45) is 0. The van der Waals surface area contributed by atoms with Crippen LogP contribution in [0.15, 0.2) is 23.1 Å². The van der Waals surface area contributed by atoms with Crippen LogP contribution >= 0.6 is 12.6 Å². The fourth-order valence-electron chi connectivity index (χ4n) is 2.40. The van der Waals surface area contributed by atoms with Crippen molar-refractivity contribution in [1.82, 2.24) is 5.32 Å². The molecule has 0 aromatic heterocycles. The van der Waals surface area contributed by atoms with Crippen LogP contribution < -0.4 is 5.32 Å². The minimum absolute atomic E-state index is 0.000278. The number of carbonyl (C=O) groups excluding carboxylic acids is 1. The van der Waals surface area contributed by atoms with E-state index in [4.69, 9.17) is 0 Å². The second-order valence-electron chi connectivity index (χ2n) is 5.86. The van der Waals surface area contributed by atoms with E-state index in [0.29, 0.717) is 17.8 Å². The average Bonchev–Trinajstić information content (AvgIpc) is 2.31. The van der Waals surface area contributed by atoms with Crippen molar-refractivity contribution in [3.63, 3.8) is 0 Å². The van der Waals surface area contributed by atoms with Gasteiger partial charge in [0.05, 0.1) is 0 Å². The van der Waals surface area contributed by atoms with Gasteiger partial charge in [0.2, 0.25) is 0 Å². The van der Waals surface area contributed by atoms with Gasteiger partial charge in [0.15, 0.2) is 0 Å². The fourth-order valence-corrected chi connectivity index (χ4v) is 2.61.